The van der Waals surface area contributed by atoms with E-state index in [-0.39, 0.29) is 4.90 Å². The van der Waals surface area contributed by atoms with Crippen molar-refractivity contribution < 1.29 is 8.42 Å². The van der Waals surface area contributed by atoms with E-state index in [1.54, 1.807) is 18.5 Å². The minimum absolute atomic E-state index is 0.274. The molecule has 0 bridgehead atoms. The molecule has 0 aliphatic rings. The van der Waals surface area contributed by atoms with Crippen LogP contribution in [0.4, 0.5) is 0 Å². The molecule has 0 aliphatic carbocycles. The average Bonchev–Trinajstić information content (AvgIpc) is 3.03. The standard InChI is InChI=1S/C13H20N4O2S2/c1-10-13(11(2)17(16-10)7-4-6-14)21(18,19)15-9-12-5-3-8-20-12/h3,5,8,15H,4,6-7,9,14H2,1-2H3. The molecule has 3 N–H and O–H groups in total. The average molecular weight is 328 g/mol. The monoisotopic (exact) mass is 328 g/mol. The largest absolute Gasteiger partial charge is 0.330 e. The van der Waals surface area contributed by atoms with Gasteiger partial charge in [-0.25, -0.2) is 13.1 Å². The number of sulfonamides is 1. The van der Waals surface area contributed by atoms with Crippen molar-refractivity contribution >= 4 is 21.4 Å². The predicted molar refractivity (Wildman–Crippen MR) is 83.7 cm³/mol. The molecule has 0 spiro atoms. The molecule has 0 radical (unpaired) electrons. The zero-order chi connectivity index (χ0) is 15.5. The number of thiophene rings is 1. The lowest BCUT2D eigenvalue weighted by atomic mass is 10.4. The molecule has 2 aromatic heterocycles. The van der Waals surface area contributed by atoms with Gasteiger partial charge in [0.25, 0.3) is 0 Å². The van der Waals surface area contributed by atoms with Gasteiger partial charge in [-0.1, -0.05) is 6.07 Å². The van der Waals surface area contributed by atoms with E-state index in [1.165, 1.54) is 11.3 Å². The molecule has 0 unspecified atom stereocenters. The summed E-state index contributed by atoms with van der Waals surface area (Å²) in [7, 11) is -3.56. The lowest BCUT2D eigenvalue weighted by Crippen LogP contribution is -2.24. The fourth-order valence-corrected chi connectivity index (χ4v) is 4.33. The number of rotatable bonds is 7. The molecule has 8 heteroatoms. The van der Waals surface area contributed by atoms with Crippen molar-refractivity contribution in [1.29, 1.82) is 0 Å². The Morgan fingerprint density at radius 3 is 2.81 bits per heavy atom. The SMILES string of the molecule is Cc1nn(CCCN)c(C)c1S(=O)(=O)NCc1cccs1. The van der Waals surface area contributed by atoms with Crippen LogP contribution in [0, 0.1) is 13.8 Å². The Bertz CT molecular complexity index is 690. The quantitative estimate of drug-likeness (QED) is 0.803. The van der Waals surface area contributed by atoms with Crippen LogP contribution in [0.1, 0.15) is 22.7 Å². The van der Waals surface area contributed by atoms with Gasteiger partial charge in [-0.3, -0.25) is 4.68 Å². The van der Waals surface area contributed by atoms with Crippen LogP contribution in [0.15, 0.2) is 22.4 Å². The minimum Gasteiger partial charge on any atom is -0.330 e. The smallest absolute Gasteiger partial charge is 0.244 e. The van der Waals surface area contributed by atoms with Gasteiger partial charge in [0.05, 0.1) is 11.4 Å². The van der Waals surface area contributed by atoms with Crippen molar-refractivity contribution in [1.82, 2.24) is 14.5 Å². The molecule has 0 amide bonds. The number of hydrogen-bond donors (Lipinski definition) is 2. The van der Waals surface area contributed by atoms with E-state index < -0.39 is 10.0 Å². The lowest BCUT2D eigenvalue weighted by molar-refractivity contribution is 0.563. The highest BCUT2D eigenvalue weighted by Gasteiger charge is 2.24. The van der Waals surface area contributed by atoms with Crippen molar-refractivity contribution in [3.63, 3.8) is 0 Å². The maximum absolute atomic E-state index is 12.5. The molecule has 0 atom stereocenters. The van der Waals surface area contributed by atoms with E-state index >= 15 is 0 Å². The topological polar surface area (TPSA) is 90.0 Å². The summed E-state index contributed by atoms with van der Waals surface area (Å²) in [5, 5.41) is 6.23. The Balaban J connectivity index is 2.21. The Labute approximate surface area is 129 Å². The Morgan fingerprint density at radius 2 is 2.19 bits per heavy atom. The van der Waals surface area contributed by atoms with E-state index in [1.807, 2.05) is 17.5 Å². The van der Waals surface area contributed by atoms with Gasteiger partial charge in [-0.15, -0.1) is 11.3 Å². The maximum atomic E-state index is 12.5. The second-order valence-electron chi connectivity index (χ2n) is 4.77. The van der Waals surface area contributed by atoms with Gasteiger partial charge in [-0.2, -0.15) is 5.10 Å². The highest BCUT2D eigenvalue weighted by Crippen LogP contribution is 2.20. The fourth-order valence-electron chi connectivity index (χ4n) is 2.18. The van der Waals surface area contributed by atoms with E-state index in [9.17, 15) is 8.42 Å². The van der Waals surface area contributed by atoms with E-state index in [0.29, 0.717) is 31.0 Å². The number of aromatic nitrogens is 2. The lowest BCUT2D eigenvalue weighted by Gasteiger charge is -2.07. The predicted octanol–water partition coefficient (Wildman–Crippen LogP) is 1.39. The molecular weight excluding hydrogens is 308 g/mol. The summed E-state index contributed by atoms with van der Waals surface area (Å²) in [6.45, 7) is 4.97. The third-order valence-corrected chi connectivity index (χ3v) is 5.70. The van der Waals surface area contributed by atoms with Crippen LogP contribution >= 0.6 is 11.3 Å². The molecule has 0 aliphatic heterocycles. The first-order valence-corrected chi connectivity index (χ1v) is 9.08. The summed E-state index contributed by atoms with van der Waals surface area (Å²) in [5.41, 5.74) is 6.66. The van der Waals surface area contributed by atoms with Crippen LogP contribution in [0.5, 0.6) is 0 Å². The molecule has 0 saturated carbocycles. The highest BCUT2D eigenvalue weighted by atomic mass is 32.2. The fraction of sp³-hybridized carbons (Fsp3) is 0.462. The van der Waals surface area contributed by atoms with Gasteiger partial charge in [-0.05, 0) is 38.3 Å². The summed E-state index contributed by atoms with van der Waals surface area (Å²) < 4.78 is 29.3. The third kappa shape index (κ3) is 3.70. The number of nitrogens with zero attached hydrogens (tertiary/aromatic N) is 2. The molecule has 0 fully saturated rings. The van der Waals surface area contributed by atoms with Crippen LogP contribution < -0.4 is 10.5 Å². The van der Waals surface area contributed by atoms with E-state index in [4.69, 9.17) is 5.73 Å². The Morgan fingerprint density at radius 1 is 1.43 bits per heavy atom. The molecule has 21 heavy (non-hydrogen) atoms. The number of nitrogens with one attached hydrogen (secondary N) is 1. The van der Waals surface area contributed by atoms with Gasteiger partial charge >= 0.3 is 0 Å². The van der Waals surface area contributed by atoms with Crippen molar-refractivity contribution in [2.45, 2.75) is 38.3 Å². The first-order chi connectivity index (χ1) is 9.95. The van der Waals surface area contributed by atoms with Crippen LogP contribution in [0.3, 0.4) is 0 Å². The number of hydrogen-bond acceptors (Lipinski definition) is 5. The molecule has 2 heterocycles. The van der Waals surface area contributed by atoms with Crippen LogP contribution in [0.2, 0.25) is 0 Å². The second kappa shape index (κ2) is 6.69. The van der Waals surface area contributed by atoms with Crippen LogP contribution in [-0.2, 0) is 23.1 Å². The van der Waals surface area contributed by atoms with Crippen molar-refractivity contribution in [2.24, 2.45) is 5.73 Å². The Hall–Kier alpha value is -1.22. The molecule has 116 valence electrons. The molecular formula is C13H20N4O2S2. The first-order valence-electron chi connectivity index (χ1n) is 6.72. The van der Waals surface area contributed by atoms with Crippen LogP contribution in [0.25, 0.3) is 0 Å². The van der Waals surface area contributed by atoms with Gasteiger partial charge in [0.2, 0.25) is 10.0 Å². The molecule has 2 rings (SSSR count). The van der Waals surface area contributed by atoms with Crippen LogP contribution in [-0.4, -0.2) is 24.7 Å². The summed E-state index contributed by atoms with van der Waals surface area (Å²) in [6.07, 6.45) is 0.768. The molecule has 0 saturated heterocycles. The summed E-state index contributed by atoms with van der Waals surface area (Å²) in [6, 6.07) is 3.80. The number of nitrogens with two attached hydrogens (primary N) is 1. The van der Waals surface area contributed by atoms with Gasteiger partial charge < -0.3 is 5.73 Å². The van der Waals surface area contributed by atoms with Gasteiger partial charge in [0.15, 0.2) is 0 Å². The molecule has 2 aromatic rings. The summed E-state index contributed by atoms with van der Waals surface area (Å²) in [5.74, 6) is 0. The number of aryl methyl sites for hydroxylation is 2. The molecule has 6 nitrogen and oxygen atoms in total. The minimum atomic E-state index is -3.56. The van der Waals surface area contributed by atoms with Gasteiger partial charge in [0, 0.05) is 18.0 Å². The van der Waals surface area contributed by atoms with Gasteiger partial charge in [0.1, 0.15) is 4.90 Å². The van der Waals surface area contributed by atoms with Crippen molar-refractivity contribution in [3.05, 3.63) is 33.8 Å². The van der Waals surface area contributed by atoms with E-state index in [0.717, 1.165) is 11.3 Å². The highest BCUT2D eigenvalue weighted by molar-refractivity contribution is 7.89. The van der Waals surface area contributed by atoms with E-state index in [2.05, 4.69) is 9.82 Å². The summed E-state index contributed by atoms with van der Waals surface area (Å²) in [4.78, 5) is 1.25. The first kappa shape index (κ1) is 16.2. The normalized spacial score (nSPS) is 12.0. The molecule has 0 aromatic carbocycles. The Kier molecular flexibility index (Phi) is 5.15. The van der Waals surface area contributed by atoms with Crippen molar-refractivity contribution in [2.75, 3.05) is 6.54 Å². The zero-order valence-corrected chi connectivity index (χ0v) is 13.8. The maximum Gasteiger partial charge on any atom is 0.244 e. The zero-order valence-electron chi connectivity index (χ0n) is 12.2. The summed E-state index contributed by atoms with van der Waals surface area (Å²) >= 11 is 1.52. The second-order valence-corrected chi connectivity index (χ2v) is 7.51. The van der Waals surface area contributed by atoms with Crippen molar-refractivity contribution in [3.8, 4) is 0 Å². The third-order valence-electron chi connectivity index (χ3n) is 3.17.